The topological polar surface area (TPSA) is 98.5 Å². The molecule has 0 aliphatic heterocycles. The molecule has 0 atom stereocenters. The lowest BCUT2D eigenvalue weighted by Crippen LogP contribution is -2.24. The van der Waals surface area contributed by atoms with Crippen LogP contribution < -0.4 is 4.89 Å². The van der Waals surface area contributed by atoms with E-state index in [2.05, 4.69) is 4.84 Å². The first kappa shape index (κ1) is 12.6. The Morgan fingerprint density at radius 1 is 1.50 bits per heavy atom. The number of non-ortho nitro benzene ring substituents is 1. The predicted molar refractivity (Wildman–Crippen MR) is 55.0 cm³/mol. The van der Waals surface area contributed by atoms with Crippen molar-refractivity contribution in [1.29, 1.82) is 0 Å². The highest BCUT2D eigenvalue weighted by Gasteiger charge is 2.17. The molecule has 0 bridgehead atoms. The molecule has 0 radical (unpaired) electrons. The van der Waals surface area contributed by atoms with Gasteiger partial charge in [-0.15, -0.1) is 0 Å². The van der Waals surface area contributed by atoms with Gasteiger partial charge in [-0.3, -0.25) is 15.0 Å². The number of nitro groups is 1. The first-order valence-corrected chi connectivity index (χ1v) is 5.83. The molecule has 0 fully saturated rings. The van der Waals surface area contributed by atoms with E-state index in [1.807, 2.05) is 4.89 Å². The van der Waals surface area contributed by atoms with E-state index >= 15 is 0 Å². The van der Waals surface area contributed by atoms with Gasteiger partial charge in [0.15, 0.2) is 0 Å². The lowest BCUT2D eigenvalue weighted by Gasteiger charge is -2.04. The number of rotatable bonds is 5. The van der Waals surface area contributed by atoms with Crippen LogP contribution in [0.5, 0.6) is 0 Å². The van der Waals surface area contributed by atoms with Crippen LogP contribution in [0.1, 0.15) is 6.92 Å². The Morgan fingerprint density at radius 2 is 2.19 bits per heavy atom. The summed E-state index contributed by atoms with van der Waals surface area (Å²) in [5, 5.41) is 10.5. The van der Waals surface area contributed by atoms with E-state index in [0.29, 0.717) is 0 Å². The fourth-order valence-corrected chi connectivity index (χ4v) is 1.85. The van der Waals surface area contributed by atoms with E-state index in [0.717, 1.165) is 6.07 Å². The van der Waals surface area contributed by atoms with Crippen LogP contribution in [0.3, 0.4) is 0 Å². The van der Waals surface area contributed by atoms with Crippen LogP contribution in [0.15, 0.2) is 29.2 Å². The summed E-state index contributed by atoms with van der Waals surface area (Å²) in [6, 6.07) is 4.70. The molecule has 88 valence electrons. The summed E-state index contributed by atoms with van der Waals surface area (Å²) >= 11 is 0. The van der Waals surface area contributed by atoms with E-state index in [1.54, 1.807) is 6.92 Å². The maximum atomic E-state index is 11.5. The Bertz CT molecular complexity index is 485. The minimum atomic E-state index is -3.86. The molecule has 0 unspecified atom stereocenters. The molecule has 0 saturated heterocycles. The maximum Gasteiger partial charge on any atom is 0.270 e. The molecule has 0 aliphatic carbocycles. The number of benzene rings is 1. The Hall–Kier alpha value is -1.51. The minimum Gasteiger partial charge on any atom is -0.287 e. The molecule has 1 rings (SSSR count). The molecule has 0 amide bonds. The van der Waals surface area contributed by atoms with Gasteiger partial charge in [0.2, 0.25) is 0 Å². The smallest absolute Gasteiger partial charge is 0.270 e. The van der Waals surface area contributed by atoms with Gasteiger partial charge in [-0.05, 0) is 13.0 Å². The van der Waals surface area contributed by atoms with Crippen LogP contribution in [-0.4, -0.2) is 19.9 Å². The number of hydrogen-bond donors (Lipinski definition) is 1. The summed E-state index contributed by atoms with van der Waals surface area (Å²) in [5.74, 6) is 0. The lowest BCUT2D eigenvalue weighted by molar-refractivity contribution is -0.385. The van der Waals surface area contributed by atoms with Crippen molar-refractivity contribution in [3.63, 3.8) is 0 Å². The quantitative estimate of drug-likeness (QED) is 0.612. The number of nitrogens with zero attached hydrogens (tertiary/aromatic N) is 1. The van der Waals surface area contributed by atoms with E-state index in [9.17, 15) is 18.5 Å². The SMILES string of the molecule is CCONS(=O)(=O)c1cccc([N+](=O)[O-])c1. The third-order valence-corrected chi connectivity index (χ3v) is 2.86. The highest BCUT2D eigenvalue weighted by atomic mass is 32.2. The van der Waals surface area contributed by atoms with Crippen LogP contribution in [0.4, 0.5) is 5.69 Å². The average molecular weight is 246 g/mol. The van der Waals surface area contributed by atoms with E-state index in [4.69, 9.17) is 0 Å². The summed E-state index contributed by atoms with van der Waals surface area (Å²) < 4.78 is 23.0. The summed E-state index contributed by atoms with van der Waals surface area (Å²) in [4.78, 5) is 16.0. The van der Waals surface area contributed by atoms with Crippen molar-refractivity contribution in [1.82, 2.24) is 4.89 Å². The van der Waals surface area contributed by atoms with Gasteiger partial charge < -0.3 is 0 Å². The molecule has 0 aliphatic rings. The molecule has 0 aromatic heterocycles. The van der Waals surface area contributed by atoms with Crippen molar-refractivity contribution in [2.75, 3.05) is 6.61 Å². The molecule has 0 heterocycles. The predicted octanol–water partition coefficient (Wildman–Crippen LogP) is 0.825. The zero-order valence-corrected chi connectivity index (χ0v) is 9.23. The highest BCUT2D eigenvalue weighted by molar-refractivity contribution is 7.89. The van der Waals surface area contributed by atoms with Crippen LogP contribution in [-0.2, 0) is 14.9 Å². The first-order valence-electron chi connectivity index (χ1n) is 4.35. The summed E-state index contributed by atoms with van der Waals surface area (Å²) in [7, 11) is -3.86. The molecule has 16 heavy (non-hydrogen) atoms. The molecule has 0 spiro atoms. The van der Waals surface area contributed by atoms with Gasteiger partial charge in [0, 0.05) is 12.1 Å². The second-order valence-electron chi connectivity index (χ2n) is 2.77. The van der Waals surface area contributed by atoms with Crippen molar-refractivity contribution >= 4 is 15.7 Å². The lowest BCUT2D eigenvalue weighted by atomic mass is 10.3. The summed E-state index contributed by atoms with van der Waals surface area (Å²) in [5.41, 5.74) is -0.292. The van der Waals surface area contributed by atoms with Gasteiger partial charge in [-0.25, -0.2) is 8.42 Å². The van der Waals surface area contributed by atoms with Gasteiger partial charge in [-0.2, -0.15) is 0 Å². The third kappa shape index (κ3) is 2.99. The van der Waals surface area contributed by atoms with Crippen molar-refractivity contribution in [2.24, 2.45) is 0 Å². The second kappa shape index (κ2) is 5.01. The Balaban J connectivity index is 3.04. The van der Waals surface area contributed by atoms with Crippen molar-refractivity contribution < 1.29 is 18.2 Å². The first-order chi connectivity index (χ1) is 7.47. The van der Waals surface area contributed by atoms with Crippen LogP contribution in [0, 0.1) is 10.1 Å². The maximum absolute atomic E-state index is 11.5. The zero-order valence-electron chi connectivity index (χ0n) is 8.41. The van der Waals surface area contributed by atoms with Crippen molar-refractivity contribution in [2.45, 2.75) is 11.8 Å². The monoisotopic (exact) mass is 246 g/mol. The van der Waals surface area contributed by atoms with E-state index in [-0.39, 0.29) is 17.2 Å². The highest BCUT2D eigenvalue weighted by Crippen LogP contribution is 2.16. The standard InChI is InChI=1S/C8H10N2O5S/c1-2-15-9-16(13,14)8-5-3-4-7(6-8)10(11)12/h3-6,9H,2H2,1H3. The molecule has 1 aromatic rings. The Morgan fingerprint density at radius 3 is 2.75 bits per heavy atom. The Kier molecular flexibility index (Phi) is 3.93. The van der Waals surface area contributed by atoms with Gasteiger partial charge >= 0.3 is 0 Å². The fourth-order valence-electron chi connectivity index (χ4n) is 0.949. The second-order valence-corrected chi connectivity index (χ2v) is 4.42. The van der Waals surface area contributed by atoms with E-state index in [1.165, 1.54) is 18.2 Å². The molecule has 7 nitrogen and oxygen atoms in total. The molecule has 1 N–H and O–H groups in total. The molecule has 1 aromatic carbocycles. The van der Waals surface area contributed by atoms with Gasteiger partial charge in [-0.1, -0.05) is 11.0 Å². The average Bonchev–Trinajstić information content (AvgIpc) is 2.26. The minimum absolute atomic E-state index is 0.161. The normalized spacial score (nSPS) is 11.3. The number of sulfonamides is 1. The Labute approximate surface area is 92.2 Å². The van der Waals surface area contributed by atoms with Crippen molar-refractivity contribution in [3.8, 4) is 0 Å². The van der Waals surface area contributed by atoms with Gasteiger partial charge in [0.05, 0.1) is 16.4 Å². The summed E-state index contributed by atoms with van der Waals surface area (Å²) in [6.07, 6.45) is 0. The van der Waals surface area contributed by atoms with Gasteiger partial charge in [0.1, 0.15) is 0 Å². The molecular weight excluding hydrogens is 236 g/mol. The number of hydrogen-bond acceptors (Lipinski definition) is 5. The fraction of sp³-hybridized carbons (Fsp3) is 0.250. The number of nitro benzene ring substituents is 1. The molecular formula is C8H10N2O5S. The van der Waals surface area contributed by atoms with Crippen LogP contribution in [0.25, 0.3) is 0 Å². The van der Waals surface area contributed by atoms with E-state index < -0.39 is 14.9 Å². The molecule has 0 saturated carbocycles. The molecule has 8 heteroatoms. The van der Waals surface area contributed by atoms with Crippen LogP contribution in [0.2, 0.25) is 0 Å². The summed E-state index contributed by atoms with van der Waals surface area (Å²) in [6.45, 7) is 1.77. The number of nitrogens with one attached hydrogen (secondary N) is 1. The largest absolute Gasteiger partial charge is 0.287 e. The zero-order chi connectivity index (χ0) is 12.2. The van der Waals surface area contributed by atoms with Crippen molar-refractivity contribution in [3.05, 3.63) is 34.4 Å². The van der Waals surface area contributed by atoms with Crippen LogP contribution >= 0.6 is 0 Å². The third-order valence-electron chi connectivity index (χ3n) is 1.65. The van der Waals surface area contributed by atoms with Gasteiger partial charge in [0.25, 0.3) is 15.7 Å².